The van der Waals surface area contributed by atoms with Gasteiger partial charge in [-0.1, -0.05) is 19.1 Å². The van der Waals surface area contributed by atoms with Gasteiger partial charge >= 0.3 is 0 Å². The van der Waals surface area contributed by atoms with Gasteiger partial charge in [-0.2, -0.15) is 0 Å². The number of hydrogen-bond acceptors (Lipinski definition) is 4. The van der Waals surface area contributed by atoms with E-state index in [-0.39, 0.29) is 12.2 Å². The number of nitrogens with one attached hydrogen (secondary N) is 1. The fourth-order valence-corrected chi connectivity index (χ4v) is 2.43. The van der Waals surface area contributed by atoms with Crippen LogP contribution in [0.5, 0.6) is 11.5 Å². The third-order valence-electron chi connectivity index (χ3n) is 3.80. The van der Waals surface area contributed by atoms with E-state index in [9.17, 15) is 5.11 Å². The van der Waals surface area contributed by atoms with Crippen LogP contribution in [0.2, 0.25) is 0 Å². The first-order valence-electron chi connectivity index (χ1n) is 7.76. The summed E-state index contributed by atoms with van der Waals surface area (Å²) in [7, 11) is 0. The van der Waals surface area contributed by atoms with E-state index in [1.165, 1.54) is 5.56 Å². The minimum absolute atomic E-state index is 0.182. The number of hydrogen-bond donors (Lipinski definition) is 2. The maximum absolute atomic E-state index is 9.98. The molecule has 4 heteroatoms. The third kappa shape index (κ3) is 4.35. The number of ether oxygens (including phenoxy) is 2. The van der Waals surface area contributed by atoms with Crippen LogP contribution in [0.3, 0.4) is 0 Å². The van der Waals surface area contributed by atoms with Crippen molar-refractivity contribution in [2.45, 2.75) is 58.3 Å². The molecule has 2 rings (SSSR count). The molecule has 1 aliphatic heterocycles. The van der Waals surface area contributed by atoms with Crippen molar-refractivity contribution in [3.63, 3.8) is 0 Å². The lowest BCUT2D eigenvalue weighted by Crippen LogP contribution is -2.36. The van der Waals surface area contributed by atoms with Gasteiger partial charge in [-0.05, 0) is 33.3 Å². The van der Waals surface area contributed by atoms with Crippen molar-refractivity contribution in [3.8, 4) is 11.5 Å². The Labute approximate surface area is 127 Å². The normalized spacial score (nSPS) is 18.7. The third-order valence-corrected chi connectivity index (χ3v) is 3.80. The van der Waals surface area contributed by atoms with Gasteiger partial charge in [0.05, 0.1) is 0 Å². The standard InChI is InChI=1S/C17H27NO3/c1-5-12(2)18-10-14(19)11-20-15-8-6-7-13-9-17(3,4)21-16(13)15/h6-8,12,14,18-19H,5,9-11H2,1-4H3. The quantitative estimate of drug-likeness (QED) is 0.811. The molecule has 118 valence electrons. The average Bonchev–Trinajstić information content (AvgIpc) is 2.76. The molecule has 1 heterocycles. The van der Waals surface area contributed by atoms with Gasteiger partial charge in [-0.3, -0.25) is 0 Å². The highest BCUT2D eigenvalue weighted by Gasteiger charge is 2.32. The summed E-state index contributed by atoms with van der Waals surface area (Å²) >= 11 is 0. The lowest BCUT2D eigenvalue weighted by molar-refractivity contribution is 0.0954. The van der Waals surface area contributed by atoms with Gasteiger partial charge in [0.2, 0.25) is 0 Å². The highest BCUT2D eigenvalue weighted by molar-refractivity contribution is 5.50. The fourth-order valence-electron chi connectivity index (χ4n) is 2.43. The zero-order chi connectivity index (χ0) is 15.5. The van der Waals surface area contributed by atoms with Gasteiger partial charge in [0.25, 0.3) is 0 Å². The summed E-state index contributed by atoms with van der Waals surface area (Å²) in [5.74, 6) is 1.55. The first kappa shape index (κ1) is 16.1. The van der Waals surface area contributed by atoms with Gasteiger partial charge in [0, 0.05) is 24.6 Å². The molecule has 2 N–H and O–H groups in total. The van der Waals surface area contributed by atoms with E-state index >= 15 is 0 Å². The monoisotopic (exact) mass is 293 g/mol. The molecule has 0 saturated heterocycles. The smallest absolute Gasteiger partial charge is 0.165 e. The Morgan fingerprint density at radius 2 is 2.19 bits per heavy atom. The number of benzene rings is 1. The van der Waals surface area contributed by atoms with Crippen molar-refractivity contribution >= 4 is 0 Å². The Morgan fingerprint density at radius 1 is 1.43 bits per heavy atom. The van der Waals surface area contributed by atoms with Gasteiger partial charge in [-0.15, -0.1) is 0 Å². The Bertz CT molecular complexity index is 473. The minimum atomic E-state index is -0.524. The van der Waals surface area contributed by atoms with Crippen LogP contribution in [-0.2, 0) is 6.42 Å². The number of aliphatic hydroxyl groups is 1. The largest absolute Gasteiger partial charge is 0.487 e. The molecule has 0 fully saturated rings. The maximum Gasteiger partial charge on any atom is 0.165 e. The van der Waals surface area contributed by atoms with Crippen molar-refractivity contribution in [1.82, 2.24) is 5.32 Å². The molecule has 0 saturated carbocycles. The van der Waals surface area contributed by atoms with Crippen molar-refractivity contribution in [2.75, 3.05) is 13.2 Å². The lowest BCUT2D eigenvalue weighted by Gasteiger charge is -2.19. The highest BCUT2D eigenvalue weighted by atomic mass is 16.5. The molecule has 0 aromatic heterocycles. The first-order chi connectivity index (χ1) is 9.91. The molecule has 1 aliphatic rings. The van der Waals surface area contributed by atoms with E-state index in [4.69, 9.17) is 9.47 Å². The highest BCUT2D eigenvalue weighted by Crippen LogP contribution is 2.41. The molecule has 2 atom stereocenters. The second-order valence-electron chi connectivity index (χ2n) is 6.47. The number of rotatable bonds is 7. The lowest BCUT2D eigenvalue weighted by atomic mass is 10.0. The summed E-state index contributed by atoms with van der Waals surface area (Å²) < 4.78 is 11.7. The summed E-state index contributed by atoms with van der Waals surface area (Å²) in [6.07, 6.45) is 1.41. The Balaban J connectivity index is 1.89. The van der Waals surface area contributed by atoms with Crippen molar-refractivity contribution in [3.05, 3.63) is 23.8 Å². The number of aliphatic hydroxyl groups excluding tert-OH is 1. The van der Waals surface area contributed by atoms with Crippen LogP contribution >= 0.6 is 0 Å². The van der Waals surface area contributed by atoms with Crippen LogP contribution in [-0.4, -0.2) is 36.0 Å². The summed E-state index contributed by atoms with van der Waals surface area (Å²) in [6, 6.07) is 6.35. The SMILES string of the molecule is CCC(C)NCC(O)COc1cccc2c1OC(C)(C)C2. The van der Waals surface area contributed by atoms with Gasteiger partial charge in [-0.25, -0.2) is 0 Å². The molecule has 1 aromatic carbocycles. The van der Waals surface area contributed by atoms with E-state index in [0.29, 0.717) is 12.6 Å². The van der Waals surface area contributed by atoms with E-state index < -0.39 is 6.10 Å². The predicted molar refractivity (Wildman–Crippen MR) is 84.1 cm³/mol. The fraction of sp³-hybridized carbons (Fsp3) is 0.647. The van der Waals surface area contributed by atoms with Gasteiger partial charge < -0.3 is 19.9 Å². The number of para-hydroxylation sites is 1. The summed E-state index contributed by atoms with van der Waals surface area (Å²) in [4.78, 5) is 0. The van der Waals surface area contributed by atoms with Crippen molar-refractivity contribution < 1.29 is 14.6 Å². The van der Waals surface area contributed by atoms with Crippen molar-refractivity contribution in [1.29, 1.82) is 0 Å². The minimum Gasteiger partial charge on any atom is -0.487 e. The molecule has 21 heavy (non-hydrogen) atoms. The van der Waals surface area contributed by atoms with Crippen LogP contribution < -0.4 is 14.8 Å². The van der Waals surface area contributed by atoms with Gasteiger partial charge in [0.15, 0.2) is 11.5 Å². The molecular formula is C17H27NO3. The Kier molecular flexibility index (Phi) is 5.12. The first-order valence-corrected chi connectivity index (χ1v) is 7.76. The molecule has 2 unspecified atom stereocenters. The van der Waals surface area contributed by atoms with Crippen LogP contribution in [0.1, 0.15) is 39.7 Å². The number of fused-ring (bicyclic) bond motifs is 1. The Hall–Kier alpha value is -1.26. The van der Waals surface area contributed by atoms with Crippen molar-refractivity contribution in [2.24, 2.45) is 0 Å². The molecule has 0 spiro atoms. The molecule has 4 nitrogen and oxygen atoms in total. The van der Waals surface area contributed by atoms with Crippen LogP contribution in [0.4, 0.5) is 0 Å². The van der Waals surface area contributed by atoms with Crippen LogP contribution in [0.25, 0.3) is 0 Å². The Morgan fingerprint density at radius 3 is 2.90 bits per heavy atom. The van der Waals surface area contributed by atoms with E-state index in [2.05, 4.69) is 39.1 Å². The summed E-state index contributed by atoms with van der Waals surface area (Å²) in [6.45, 7) is 9.17. The van der Waals surface area contributed by atoms with E-state index in [0.717, 1.165) is 24.3 Å². The molecule has 0 bridgehead atoms. The zero-order valence-electron chi connectivity index (χ0n) is 13.5. The average molecular weight is 293 g/mol. The molecule has 0 aliphatic carbocycles. The van der Waals surface area contributed by atoms with E-state index in [1.54, 1.807) is 0 Å². The second-order valence-corrected chi connectivity index (χ2v) is 6.47. The second kappa shape index (κ2) is 6.67. The van der Waals surface area contributed by atoms with Crippen LogP contribution in [0.15, 0.2) is 18.2 Å². The molecule has 1 aromatic rings. The summed E-state index contributed by atoms with van der Waals surface area (Å²) in [5, 5.41) is 13.3. The predicted octanol–water partition coefficient (Wildman–Crippen LogP) is 2.53. The molecular weight excluding hydrogens is 266 g/mol. The maximum atomic E-state index is 9.98. The van der Waals surface area contributed by atoms with Gasteiger partial charge in [0.1, 0.15) is 18.3 Å². The zero-order valence-corrected chi connectivity index (χ0v) is 13.5. The molecule has 0 radical (unpaired) electrons. The van der Waals surface area contributed by atoms with E-state index in [1.807, 2.05) is 12.1 Å². The molecule has 0 amide bonds. The summed E-state index contributed by atoms with van der Waals surface area (Å²) in [5.41, 5.74) is 0.989. The van der Waals surface area contributed by atoms with Crippen LogP contribution in [0, 0.1) is 0 Å². The topological polar surface area (TPSA) is 50.7 Å².